The maximum atomic E-state index is 13.0. The fourth-order valence-corrected chi connectivity index (χ4v) is 4.10. The van der Waals surface area contributed by atoms with E-state index in [0.717, 1.165) is 30.2 Å². The Labute approximate surface area is 179 Å². The number of amidine groups is 1. The van der Waals surface area contributed by atoms with E-state index in [1.807, 2.05) is 0 Å². The van der Waals surface area contributed by atoms with Crippen LogP contribution in [-0.2, 0) is 4.84 Å². The van der Waals surface area contributed by atoms with Crippen LogP contribution in [0.4, 0.5) is 11.6 Å². The third-order valence-electron chi connectivity index (χ3n) is 4.78. The van der Waals surface area contributed by atoms with Crippen molar-refractivity contribution in [2.24, 2.45) is 16.8 Å². The standard InChI is InChI=1S/C19H26N8O2S/c1-27(21)19(25-20)30-16-8-7-14(26-29-2)9-15(16)17(28)24-18-22-10-13(11-23-18)12-5-3-4-6-12/h7-12,26H,3-6,20-21H2,1-2H3,(H,22,23,24,28)/b25-19+. The molecule has 1 aromatic heterocycles. The lowest BCUT2D eigenvalue weighted by atomic mass is 10.0. The zero-order valence-corrected chi connectivity index (χ0v) is 17.8. The van der Waals surface area contributed by atoms with E-state index in [1.165, 1.54) is 25.0 Å². The molecule has 0 bridgehead atoms. The van der Waals surface area contributed by atoms with E-state index in [-0.39, 0.29) is 11.9 Å². The van der Waals surface area contributed by atoms with Gasteiger partial charge in [-0.2, -0.15) is 5.10 Å². The van der Waals surface area contributed by atoms with E-state index in [2.05, 4.69) is 25.9 Å². The predicted molar refractivity (Wildman–Crippen MR) is 118 cm³/mol. The second-order valence-corrected chi connectivity index (χ2v) is 7.93. The first-order chi connectivity index (χ1) is 14.5. The van der Waals surface area contributed by atoms with E-state index in [1.54, 1.807) is 37.6 Å². The van der Waals surface area contributed by atoms with Crippen LogP contribution in [0, 0.1) is 0 Å². The normalized spacial score (nSPS) is 14.6. The Morgan fingerprint density at radius 1 is 1.30 bits per heavy atom. The number of hydrogen-bond donors (Lipinski definition) is 4. The molecule has 3 rings (SSSR count). The molecule has 2 aromatic rings. The summed E-state index contributed by atoms with van der Waals surface area (Å²) in [5.41, 5.74) is 4.80. The summed E-state index contributed by atoms with van der Waals surface area (Å²) in [6.07, 6.45) is 8.38. The maximum Gasteiger partial charge on any atom is 0.259 e. The van der Waals surface area contributed by atoms with Gasteiger partial charge in [0.25, 0.3) is 5.91 Å². The van der Waals surface area contributed by atoms with Gasteiger partial charge in [0.2, 0.25) is 11.1 Å². The van der Waals surface area contributed by atoms with E-state index < -0.39 is 0 Å². The van der Waals surface area contributed by atoms with Gasteiger partial charge in [0.1, 0.15) is 0 Å². The molecule has 6 N–H and O–H groups in total. The number of carbonyl (C=O) groups excluding carboxylic acids is 1. The summed E-state index contributed by atoms with van der Waals surface area (Å²) in [6, 6.07) is 5.17. The van der Waals surface area contributed by atoms with Crippen molar-refractivity contribution in [3.63, 3.8) is 0 Å². The van der Waals surface area contributed by atoms with Gasteiger partial charge in [-0.05, 0) is 54.3 Å². The first kappa shape index (κ1) is 21.8. The van der Waals surface area contributed by atoms with Gasteiger partial charge in [-0.3, -0.25) is 25.4 Å². The lowest BCUT2D eigenvalue weighted by molar-refractivity contribution is 0.102. The summed E-state index contributed by atoms with van der Waals surface area (Å²) >= 11 is 1.16. The number of anilines is 2. The van der Waals surface area contributed by atoms with Crippen LogP contribution in [-0.4, -0.2) is 40.2 Å². The van der Waals surface area contributed by atoms with Crippen LogP contribution in [0.25, 0.3) is 0 Å². The summed E-state index contributed by atoms with van der Waals surface area (Å²) < 4.78 is 0. The minimum atomic E-state index is -0.373. The van der Waals surface area contributed by atoms with Crippen molar-refractivity contribution >= 4 is 34.5 Å². The molecule has 10 nitrogen and oxygen atoms in total. The lowest BCUT2D eigenvalue weighted by Gasteiger charge is -2.16. The maximum absolute atomic E-state index is 13.0. The van der Waals surface area contributed by atoms with Crippen LogP contribution < -0.4 is 22.5 Å². The fourth-order valence-electron chi connectivity index (χ4n) is 3.31. The molecule has 1 aliphatic rings. The minimum absolute atomic E-state index is 0.242. The predicted octanol–water partition coefficient (Wildman–Crippen LogP) is 2.49. The molecule has 1 amide bonds. The van der Waals surface area contributed by atoms with Gasteiger partial charge in [0.05, 0.1) is 18.4 Å². The molecule has 0 unspecified atom stereocenters. The van der Waals surface area contributed by atoms with Crippen molar-refractivity contribution in [3.8, 4) is 0 Å². The minimum Gasteiger partial charge on any atom is -0.321 e. The molecule has 0 atom stereocenters. The Kier molecular flexibility index (Phi) is 7.44. The van der Waals surface area contributed by atoms with E-state index in [0.29, 0.717) is 27.2 Å². The first-order valence-corrected chi connectivity index (χ1v) is 10.3. The van der Waals surface area contributed by atoms with Crippen molar-refractivity contribution in [2.45, 2.75) is 36.5 Å². The van der Waals surface area contributed by atoms with Crippen molar-refractivity contribution in [2.75, 3.05) is 25.0 Å². The highest BCUT2D eigenvalue weighted by molar-refractivity contribution is 8.13. The molecule has 1 heterocycles. The Hall–Kier alpha value is -2.89. The highest BCUT2D eigenvalue weighted by atomic mass is 32.2. The van der Waals surface area contributed by atoms with Crippen LogP contribution in [0.3, 0.4) is 0 Å². The summed E-state index contributed by atoms with van der Waals surface area (Å²) in [5, 5.41) is 8.02. The number of hydrazone groups is 1. The van der Waals surface area contributed by atoms with Gasteiger partial charge in [0.15, 0.2) is 0 Å². The van der Waals surface area contributed by atoms with Crippen molar-refractivity contribution in [3.05, 3.63) is 41.7 Å². The number of amides is 1. The van der Waals surface area contributed by atoms with Crippen molar-refractivity contribution in [1.29, 1.82) is 0 Å². The second kappa shape index (κ2) is 10.2. The number of nitrogens with one attached hydrogen (secondary N) is 2. The van der Waals surface area contributed by atoms with E-state index in [9.17, 15) is 4.79 Å². The molecule has 0 saturated heterocycles. The molecule has 11 heteroatoms. The second-order valence-electron chi connectivity index (χ2n) is 6.92. The largest absolute Gasteiger partial charge is 0.321 e. The lowest BCUT2D eigenvalue weighted by Crippen LogP contribution is -2.32. The molecule has 160 valence electrons. The van der Waals surface area contributed by atoms with E-state index >= 15 is 0 Å². The Balaban J connectivity index is 1.81. The third kappa shape index (κ3) is 5.38. The Morgan fingerprint density at radius 3 is 2.60 bits per heavy atom. The molecular formula is C19H26N8O2S. The Bertz CT molecular complexity index is 898. The highest BCUT2D eigenvalue weighted by Gasteiger charge is 2.20. The number of rotatable bonds is 6. The number of benzene rings is 1. The van der Waals surface area contributed by atoms with Crippen LogP contribution in [0.15, 0.2) is 40.6 Å². The molecule has 0 aliphatic heterocycles. The molecule has 0 radical (unpaired) electrons. The topological polar surface area (TPSA) is 144 Å². The van der Waals surface area contributed by atoms with Gasteiger partial charge in [-0.1, -0.05) is 12.8 Å². The van der Waals surface area contributed by atoms with Crippen LogP contribution in [0.2, 0.25) is 0 Å². The average Bonchev–Trinajstić information content (AvgIpc) is 3.28. The molecule has 1 fully saturated rings. The average molecular weight is 431 g/mol. The SMILES string of the molecule is CONc1ccc(S/C(=N/N)N(C)N)c(C(=O)Nc2ncc(C3CCCC3)cn2)c1. The number of hydrazine groups is 1. The number of aromatic nitrogens is 2. The Morgan fingerprint density at radius 2 is 2.00 bits per heavy atom. The monoisotopic (exact) mass is 430 g/mol. The molecular weight excluding hydrogens is 404 g/mol. The molecule has 1 aliphatic carbocycles. The number of nitrogens with two attached hydrogens (primary N) is 2. The summed E-state index contributed by atoms with van der Waals surface area (Å²) in [7, 11) is 3.10. The smallest absolute Gasteiger partial charge is 0.259 e. The van der Waals surface area contributed by atoms with Gasteiger partial charge in [-0.15, -0.1) is 0 Å². The van der Waals surface area contributed by atoms with Crippen molar-refractivity contribution in [1.82, 2.24) is 15.0 Å². The molecule has 1 aromatic carbocycles. The summed E-state index contributed by atoms with van der Waals surface area (Å²) in [6.45, 7) is 0. The highest BCUT2D eigenvalue weighted by Crippen LogP contribution is 2.33. The van der Waals surface area contributed by atoms with E-state index in [4.69, 9.17) is 16.5 Å². The molecule has 0 spiro atoms. The van der Waals surface area contributed by atoms with Gasteiger partial charge in [0, 0.05) is 24.3 Å². The number of nitrogens with zero attached hydrogens (tertiary/aromatic N) is 4. The van der Waals surface area contributed by atoms with Crippen molar-refractivity contribution < 1.29 is 9.63 Å². The third-order valence-corrected chi connectivity index (χ3v) is 5.93. The van der Waals surface area contributed by atoms with Gasteiger partial charge < -0.3 is 5.84 Å². The zero-order chi connectivity index (χ0) is 21.5. The first-order valence-electron chi connectivity index (χ1n) is 9.52. The van der Waals surface area contributed by atoms with Crippen LogP contribution >= 0.6 is 11.8 Å². The summed E-state index contributed by atoms with van der Waals surface area (Å²) in [5.74, 6) is 11.5. The van der Waals surface area contributed by atoms with Crippen LogP contribution in [0.5, 0.6) is 0 Å². The summed E-state index contributed by atoms with van der Waals surface area (Å²) in [4.78, 5) is 27.2. The quantitative estimate of drug-likeness (QED) is 0.179. The van der Waals surface area contributed by atoms with Gasteiger partial charge >= 0.3 is 0 Å². The molecule has 30 heavy (non-hydrogen) atoms. The zero-order valence-electron chi connectivity index (χ0n) is 17.0. The fraction of sp³-hybridized carbons (Fsp3) is 0.368. The number of thioether (sulfide) groups is 1. The molecule has 1 saturated carbocycles. The van der Waals surface area contributed by atoms with Gasteiger partial charge in [-0.25, -0.2) is 15.8 Å². The number of hydrogen-bond acceptors (Lipinski definition) is 9. The van der Waals surface area contributed by atoms with Crippen LogP contribution in [0.1, 0.15) is 47.5 Å². The number of carbonyl (C=O) groups is 1.